The summed E-state index contributed by atoms with van der Waals surface area (Å²) in [5.41, 5.74) is 1.51. The smallest absolute Gasteiger partial charge is 0.230 e. The largest absolute Gasteiger partial charge is 0.506 e. The van der Waals surface area contributed by atoms with Gasteiger partial charge in [-0.15, -0.1) is 0 Å². The average Bonchev–Trinajstić information content (AvgIpc) is 3.29. The van der Waals surface area contributed by atoms with Crippen molar-refractivity contribution >= 4 is 16.7 Å². The molecule has 3 aromatic heterocycles. The third-order valence-electron chi connectivity index (χ3n) is 5.48. The quantitative estimate of drug-likeness (QED) is 0.550. The zero-order valence-corrected chi connectivity index (χ0v) is 16.5. The topological polar surface area (TPSA) is 97.4 Å². The van der Waals surface area contributed by atoms with Gasteiger partial charge >= 0.3 is 0 Å². The lowest BCUT2D eigenvalue weighted by molar-refractivity contribution is 0.329. The van der Waals surface area contributed by atoms with E-state index in [4.69, 9.17) is 14.2 Å². The van der Waals surface area contributed by atoms with E-state index in [1.54, 1.807) is 19.4 Å². The van der Waals surface area contributed by atoms with E-state index < -0.39 is 0 Å². The number of hydrogen-bond acceptors (Lipinski definition) is 8. The molecule has 5 rings (SSSR count). The summed E-state index contributed by atoms with van der Waals surface area (Å²) < 4.78 is 11.0. The standard InChI is InChI=1S/C22H21N5O3/c1-29-18-4-2-3-14-5-6-19(24-20(14)18)27-9-7-15(8-10-27)22-25-21(26-30-22)16-11-17(28)13-23-12-16/h2-6,11-13,15,28H,7-10H2,1H3. The van der Waals surface area contributed by atoms with E-state index >= 15 is 0 Å². The Morgan fingerprint density at radius 1 is 1.10 bits per heavy atom. The van der Waals surface area contributed by atoms with Crippen molar-refractivity contribution in [1.29, 1.82) is 0 Å². The molecule has 1 aliphatic rings. The van der Waals surface area contributed by atoms with Crippen LogP contribution in [0.5, 0.6) is 11.5 Å². The van der Waals surface area contributed by atoms with Crippen LogP contribution in [0.3, 0.4) is 0 Å². The van der Waals surface area contributed by atoms with Crippen molar-refractivity contribution in [3.05, 3.63) is 54.7 Å². The van der Waals surface area contributed by atoms with Gasteiger partial charge in [0.1, 0.15) is 22.8 Å². The number of rotatable bonds is 4. The van der Waals surface area contributed by atoms with E-state index in [0.717, 1.165) is 48.4 Å². The van der Waals surface area contributed by atoms with Gasteiger partial charge in [0, 0.05) is 36.2 Å². The molecule has 0 amide bonds. The van der Waals surface area contributed by atoms with Crippen molar-refractivity contribution in [1.82, 2.24) is 20.1 Å². The molecule has 0 radical (unpaired) electrons. The third-order valence-corrected chi connectivity index (χ3v) is 5.48. The van der Waals surface area contributed by atoms with E-state index in [1.165, 1.54) is 6.20 Å². The summed E-state index contributed by atoms with van der Waals surface area (Å²) in [6.07, 6.45) is 4.77. The minimum absolute atomic E-state index is 0.0756. The molecule has 0 atom stereocenters. The fourth-order valence-corrected chi connectivity index (χ4v) is 3.87. The molecule has 8 nitrogen and oxygen atoms in total. The summed E-state index contributed by atoms with van der Waals surface area (Å²) in [4.78, 5) is 15.6. The number of ether oxygens (including phenoxy) is 1. The second kappa shape index (κ2) is 7.62. The molecule has 0 spiro atoms. The molecule has 1 fully saturated rings. The number of para-hydroxylation sites is 1. The number of anilines is 1. The number of aromatic nitrogens is 4. The number of hydrogen-bond donors (Lipinski definition) is 1. The highest BCUT2D eigenvalue weighted by Crippen LogP contribution is 2.32. The predicted molar refractivity (Wildman–Crippen MR) is 112 cm³/mol. The Balaban J connectivity index is 1.31. The van der Waals surface area contributed by atoms with Gasteiger partial charge in [-0.3, -0.25) is 4.98 Å². The molecule has 1 saturated heterocycles. The SMILES string of the molecule is COc1cccc2ccc(N3CCC(c4nc(-c5cncc(O)c5)no4)CC3)nc12. The molecule has 4 heterocycles. The van der Waals surface area contributed by atoms with Crippen LogP contribution in [0.15, 0.2) is 53.3 Å². The zero-order chi connectivity index (χ0) is 20.5. The highest BCUT2D eigenvalue weighted by molar-refractivity contribution is 5.86. The highest BCUT2D eigenvalue weighted by atomic mass is 16.5. The van der Waals surface area contributed by atoms with E-state index in [0.29, 0.717) is 17.3 Å². The molecule has 30 heavy (non-hydrogen) atoms. The molecular weight excluding hydrogens is 382 g/mol. The lowest BCUT2D eigenvalue weighted by atomic mass is 9.96. The lowest BCUT2D eigenvalue weighted by Crippen LogP contribution is -2.33. The van der Waals surface area contributed by atoms with E-state index in [-0.39, 0.29) is 11.7 Å². The summed E-state index contributed by atoms with van der Waals surface area (Å²) in [7, 11) is 1.67. The first-order chi connectivity index (χ1) is 14.7. The van der Waals surface area contributed by atoms with Crippen molar-refractivity contribution < 1.29 is 14.4 Å². The number of piperidine rings is 1. The molecular formula is C22H21N5O3. The van der Waals surface area contributed by atoms with E-state index in [9.17, 15) is 5.11 Å². The van der Waals surface area contributed by atoms with E-state index in [1.807, 2.05) is 18.2 Å². The first-order valence-electron chi connectivity index (χ1n) is 9.88. The minimum Gasteiger partial charge on any atom is -0.506 e. The molecule has 4 aromatic rings. The fraction of sp³-hybridized carbons (Fsp3) is 0.273. The van der Waals surface area contributed by atoms with Gasteiger partial charge in [-0.05, 0) is 37.1 Å². The Morgan fingerprint density at radius 2 is 1.97 bits per heavy atom. The number of pyridine rings is 2. The second-order valence-electron chi connectivity index (χ2n) is 7.35. The van der Waals surface area contributed by atoms with Gasteiger partial charge in [-0.2, -0.15) is 4.98 Å². The van der Waals surface area contributed by atoms with Crippen LogP contribution >= 0.6 is 0 Å². The van der Waals surface area contributed by atoms with Crippen molar-refractivity contribution in [2.45, 2.75) is 18.8 Å². The Bertz CT molecular complexity index is 1180. The summed E-state index contributed by atoms with van der Waals surface area (Å²) in [5, 5.41) is 14.7. The Hall–Kier alpha value is -3.68. The van der Waals surface area contributed by atoms with Crippen molar-refractivity contribution in [3.8, 4) is 22.9 Å². The first kappa shape index (κ1) is 18.4. The molecule has 1 aliphatic heterocycles. The van der Waals surface area contributed by atoms with Gasteiger partial charge in [0.15, 0.2) is 0 Å². The normalized spacial score (nSPS) is 14.9. The van der Waals surface area contributed by atoms with Crippen LogP contribution in [0, 0.1) is 0 Å². The molecule has 1 N–H and O–H groups in total. The van der Waals surface area contributed by atoms with Gasteiger partial charge in [-0.25, -0.2) is 4.98 Å². The predicted octanol–water partition coefficient (Wildman–Crippen LogP) is 3.78. The Morgan fingerprint density at radius 3 is 2.77 bits per heavy atom. The van der Waals surface area contributed by atoms with Crippen LogP contribution in [0.4, 0.5) is 5.82 Å². The average molecular weight is 403 g/mol. The van der Waals surface area contributed by atoms with E-state index in [2.05, 4.69) is 32.2 Å². The highest BCUT2D eigenvalue weighted by Gasteiger charge is 2.26. The molecule has 1 aromatic carbocycles. The summed E-state index contributed by atoms with van der Waals surface area (Å²) in [6, 6.07) is 11.7. The van der Waals surface area contributed by atoms with Crippen LogP contribution in [0.25, 0.3) is 22.3 Å². The monoisotopic (exact) mass is 403 g/mol. The molecule has 0 aliphatic carbocycles. The number of benzene rings is 1. The van der Waals surface area contributed by atoms with Gasteiger partial charge in [0.2, 0.25) is 11.7 Å². The van der Waals surface area contributed by atoms with Crippen molar-refractivity contribution in [2.75, 3.05) is 25.1 Å². The van der Waals surface area contributed by atoms with Gasteiger partial charge in [0.05, 0.1) is 13.3 Å². The van der Waals surface area contributed by atoms with Gasteiger partial charge in [0.25, 0.3) is 0 Å². The number of nitrogens with zero attached hydrogens (tertiary/aromatic N) is 5. The second-order valence-corrected chi connectivity index (χ2v) is 7.35. The third kappa shape index (κ3) is 3.41. The first-order valence-corrected chi connectivity index (χ1v) is 9.88. The number of fused-ring (bicyclic) bond motifs is 1. The maximum absolute atomic E-state index is 9.60. The van der Waals surface area contributed by atoms with Crippen molar-refractivity contribution in [2.24, 2.45) is 0 Å². The van der Waals surface area contributed by atoms with Gasteiger partial charge in [-0.1, -0.05) is 17.3 Å². The summed E-state index contributed by atoms with van der Waals surface area (Å²) >= 11 is 0. The summed E-state index contributed by atoms with van der Waals surface area (Å²) in [6.45, 7) is 1.70. The molecule has 152 valence electrons. The zero-order valence-electron chi connectivity index (χ0n) is 16.5. The number of methoxy groups -OCH3 is 1. The summed E-state index contributed by atoms with van der Waals surface area (Å²) in [5.74, 6) is 3.07. The van der Waals surface area contributed by atoms with Crippen LogP contribution in [0.1, 0.15) is 24.7 Å². The Labute approximate surface area is 173 Å². The van der Waals surface area contributed by atoms with Crippen LogP contribution in [-0.4, -0.2) is 45.4 Å². The maximum atomic E-state index is 9.60. The van der Waals surface area contributed by atoms with Crippen LogP contribution < -0.4 is 9.64 Å². The minimum atomic E-state index is 0.0756. The molecule has 8 heteroatoms. The maximum Gasteiger partial charge on any atom is 0.230 e. The lowest BCUT2D eigenvalue weighted by Gasteiger charge is -2.31. The molecule has 0 bridgehead atoms. The van der Waals surface area contributed by atoms with Gasteiger partial charge < -0.3 is 19.3 Å². The number of aromatic hydroxyl groups is 1. The molecule has 0 saturated carbocycles. The van der Waals surface area contributed by atoms with Crippen LogP contribution in [0.2, 0.25) is 0 Å². The molecule has 0 unspecified atom stereocenters. The fourth-order valence-electron chi connectivity index (χ4n) is 3.87. The Kier molecular flexibility index (Phi) is 4.66. The van der Waals surface area contributed by atoms with Crippen LogP contribution in [-0.2, 0) is 0 Å². The van der Waals surface area contributed by atoms with Crippen molar-refractivity contribution in [3.63, 3.8) is 0 Å².